The molecule has 0 aromatic heterocycles. The van der Waals surface area contributed by atoms with Gasteiger partial charge in [-0.2, -0.15) is 0 Å². The van der Waals surface area contributed by atoms with Gasteiger partial charge in [0.1, 0.15) is 0 Å². The van der Waals surface area contributed by atoms with Gasteiger partial charge in [-0.3, -0.25) is 4.79 Å². The molecule has 1 aromatic rings. The number of amides is 1. The summed E-state index contributed by atoms with van der Waals surface area (Å²) < 4.78 is 0. The number of carbonyl (C=O) groups is 1. The Kier molecular flexibility index (Phi) is 4.41. The maximum Gasteiger partial charge on any atom is 0.224 e. The van der Waals surface area contributed by atoms with Gasteiger partial charge >= 0.3 is 0 Å². The van der Waals surface area contributed by atoms with E-state index < -0.39 is 0 Å². The maximum atomic E-state index is 11.6. The molecule has 0 fully saturated rings. The normalized spacial score (nSPS) is 11.5. The predicted octanol–water partition coefficient (Wildman–Crippen LogP) is 1.34. The third kappa shape index (κ3) is 3.66. The Morgan fingerprint density at radius 1 is 1.56 bits per heavy atom. The summed E-state index contributed by atoms with van der Waals surface area (Å²) in [6, 6.07) is 7.35. The predicted molar refractivity (Wildman–Crippen MR) is 65.6 cm³/mol. The van der Waals surface area contributed by atoms with E-state index in [1.165, 1.54) is 0 Å². The number of nitrogen functional groups attached to an aromatic ring is 1. The topological polar surface area (TPSA) is 55.1 Å². The molecule has 3 heteroatoms. The van der Waals surface area contributed by atoms with Crippen LogP contribution >= 0.6 is 0 Å². The number of anilines is 1. The second-order valence-electron chi connectivity index (χ2n) is 3.75. The smallest absolute Gasteiger partial charge is 0.224 e. The maximum absolute atomic E-state index is 11.6. The number of hydrogen-bond donors (Lipinski definition) is 2. The molecule has 0 heterocycles. The van der Waals surface area contributed by atoms with E-state index in [1.807, 2.05) is 25.1 Å². The Balaban J connectivity index is 2.53. The third-order valence-corrected chi connectivity index (χ3v) is 2.24. The molecule has 0 aliphatic carbocycles. The van der Waals surface area contributed by atoms with Crippen LogP contribution in [-0.4, -0.2) is 11.9 Å². The highest BCUT2D eigenvalue weighted by atomic mass is 16.1. The van der Waals surface area contributed by atoms with E-state index in [4.69, 9.17) is 12.2 Å². The molecule has 1 atom stereocenters. The SMILES string of the molecule is C#CCC(C)NC(=O)Cc1ccccc1N. The first-order chi connectivity index (χ1) is 7.63. The summed E-state index contributed by atoms with van der Waals surface area (Å²) in [5.41, 5.74) is 7.23. The molecule has 16 heavy (non-hydrogen) atoms. The van der Waals surface area contributed by atoms with Crippen molar-refractivity contribution in [1.29, 1.82) is 0 Å². The summed E-state index contributed by atoms with van der Waals surface area (Å²) in [5, 5.41) is 2.82. The summed E-state index contributed by atoms with van der Waals surface area (Å²) in [6.07, 6.45) is 5.99. The fourth-order valence-corrected chi connectivity index (χ4v) is 1.42. The van der Waals surface area contributed by atoms with Crippen LogP contribution in [0.2, 0.25) is 0 Å². The van der Waals surface area contributed by atoms with Crippen molar-refractivity contribution in [2.24, 2.45) is 0 Å². The van der Waals surface area contributed by atoms with Gasteiger partial charge in [0.15, 0.2) is 0 Å². The lowest BCUT2D eigenvalue weighted by molar-refractivity contribution is -0.121. The fourth-order valence-electron chi connectivity index (χ4n) is 1.42. The first kappa shape index (κ1) is 12.1. The van der Waals surface area contributed by atoms with E-state index >= 15 is 0 Å². The average Bonchev–Trinajstić information content (AvgIpc) is 2.21. The van der Waals surface area contributed by atoms with Crippen molar-refractivity contribution >= 4 is 11.6 Å². The molecule has 0 saturated heterocycles. The minimum Gasteiger partial charge on any atom is -0.398 e. The number of benzene rings is 1. The fraction of sp³-hybridized carbons (Fsp3) is 0.308. The standard InChI is InChI=1S/C13H16N2O/c1-3-6-10(2)15-13(16)9-11-7-4-5-8-12(11)14/h1,4-5,7-8,10H,6,9,14H2,2H3,(H,15,16). The molecule has 0 bridgehead atoms. The van der Waals surface area contributed by atoms with Crippen molar-refractivity contribution in [3.63, 3.8) is 0 Å². The number of nitrogens with one attached hydrogen (secondary N) is 1. The molecule has 84 valence electrons. The molecule has 0 aliphatic rings. The molecule has 1 rings (SSSR count). The molecule has 0 spiro atoms. The van der Waals surface area contributed by atoms with Crippen molar-refractivity contribution in [2.45, 2.75) is 25.8 Å². The van der Waals surface area contributed by atoms with Gasteiger partial charge in [-0.1, -0.05) is 18.2 Å². The highest BCUT2D eigenvalue weighted by Crippen LogP contribution is 2.10. The lowest BCUT2D eigenvalue weighted by Crippen LogP contribution is -2.33. The Morgan fingerprint density at radius 2 is 2.25 bits per heavy atom. The van der Waals surface area contributed by atoms with Crippen LogP contribution in [-0.2, 0) is 11.2 Å². The van der Waals surface area contributed by atoms with E-state index in [0.717, 1.165) is 5.56 Å². The molecule has 1 unspecified atom stereocenters. The van der Waals surface area contributed by atoms with Gasteiger partial charge in [-0.25, -0.2) is 0 Å². The van der Waals surface area contributed by atoms with Crippen molar-refractivity contribution in [1.82, 2.24) is 5.32 Å². The highest BCUT2D eigenvalue weighted by molar-refractivity contribution is 5.80. The monoisotopic (exact) mass is 216 g/mol. The molecule has 0 aliphatic heterocycles. The molecule has 0 radical (unpaired) electrons. The molecular weight excluding hydrogens is 200 g/mol. The zero-order valence-corrected chi connectivity index (χ0v) is 9.36. The van der Waals surface area contributed by atoms with Gasteiger partial charge in [-0.15, -0.1) is 12.3 Å². The van der Waals surface area contributed by atoms with E-state index in [2.05, 4.69) is 11.2 Å². The number of nitrogens with two attached hydrogens (primary N) is 1. The van der Waals surface area contributed by atoms with Crippen LogP contribution in [0.3, 0.4) is 0 Å². The number of terminal acetylenes is 1. The van der Waals surface area contributed by atoms with Crippen LogP contribution in [0.15, 0.2) is 24.3 Å². The van der Waals surface area contributed by atoms with Crippen LogP contribution in [0.5, 0.6) is 0 Å². The quantitative estimate of drug-likeness (QED) is 0.589. The minimum atomic E-state index is -0.0550. The van der Waals surface area contributed by atoms with Crippen molar-refractivity contribution in [2.75, 3.05) is 5.73 Å². The Hall–Kier alpha value is -1.95. The third-order valence-electron chi connectivity index (χ3n) is 2.24. The largest absolute Gasteiger partial charge is 0.398 e. The molecule has 1 aromatic carbocycles. The number of carbonyl (C=O) groups excluding carboxylic acids is 1. The molecule has 0 saturated carbocycles. The van der Waals surface area contributed by atoms with Gasteiger partial charge in [0.25, 0.3) is 0 Å². The first-order valence-corrected chi connectivity index (χ1v) is 5.19. The van der Waals surface area contributed by atoms with E-state index in [9.17, 15) is 4.79 Å². The molecule has 3 nitrogen and oxygen atoms in total. The minimum absolute atomic E-state index is 0.00226. The summed E-state index contributed by atoms with van der Waals surface area (Å²) >= 11 is 0. The Morgan fingerprint density at radius 3 is 2.88 bits per heavy atom. The van der Waals surface area contributed by atoms with Crippen LogP contribution in [0.4, 0.5) is 5.69 Å². The zero-order chi connectivity index (χ0) is 12.0. The summed E-state index contributed by atoms with van der Waals surface area (Å²) in [4.78, 5) is 11.6. The van der Waals surface area contributed by atoms with Crippen LogP contribution in [0.1, 0.15) is 18.9 Å². The van der Waals surface area contributed by atoms with Gasteiger partial charge in [0, 0.05) is 18.2 Å². The van der Waals surface area contributed by atoms with Gasteiger partial charge in [-0.05, 0) is 18.6 Å². The van der Waals surface area contributed by atoms with Crippen molar-refractivity contribution < 1.29 is 4.79 Å². The second kappa shape index (κ2) is 5.82. The van der Waals surface area contributed by atoms with Crippen LogP contribution in [0, 0.1) is 12.3 Å². The first-order valence-electron chi connectivity index (χ1n) is 5.19. The number of rotatable bonds is 4. The molecular formula is C13H16N2O. The van der Waals surface area contributed by atoms with Crippen LogP contribution in [0.25, 0.3) is 0 Å². The highest BCUT2D eigenvalue weighted by Gasteiger charge is 2.08. The summed E-state index contributed by atoms with van der Waals surface area (Å²) in [6.45, 7) is 1.88. The Labute approximate surface area is 96.0 Å². The van der Waals surface area contributed by atoms with Gasteiger partial charge < -0.3 is 11.1 Å². The van der Waals surface area contributed by atoms with E-state index in [-0.39, 0.29) is 11.9 Å². The summed E-state index contributed by atoms with van der Waals surface area (Å²) in [5.74, 6) is 2.45. The van der Waals surface area contributed by atoms with Crippen molar-refractivity contribution in [3.05, 3.63) is 29.8 Å². The zero-order valence-electron chi connectivity index (χ0n) is 9.36. The number of hydrogen-bond acceptors (Lipinski definition) is 2. The Bertz CT molecular complexity index is 407. The van der Waals surface area contributed by atoms with E-state index in [1.54, 1.807) is 6.07 Å². The summed E-state index contributed by atoms with van der Waals surface area (Å²) in [7, 11) is 0. The molecule has 3 N–H and O–H groups in total. The lowest BCUT2D eigenvalue weighted by atomic mass is 10.1. The van der Waals surface area contributed by atoms with Gasteiger partial charge in [0.2, 0.25) is 5.91 Å². The van der Waals surface area contributed by atoms with Crippen molar-refractivity contribution in [3.8, 4) is 12.3 Å². The van der Waals surface area contributed by atoms with Crippen LogP contribution < -0.4 is 11.1 Å². The lowest BCUT2D eigenvalue weighted by Gasteiger charge is -2.11. The second-order valence-corrected chi connectivity index (χ2v) is 3.75. The number of para-hydroxylation sites is 1. The molecule has 1 amide bonds. The van der Waals surface area contributed by atoms with Gasteiger partial charge in [0.05, 0.1) is 6.42 Å². The average molecular weight is 216 g/mol. The van der Waals surface area contributed by atoms with E-state index in [0.29, 0.717) is 18.5 Å².